The summed E-state index contributed by atoms with van der Waals surface area (Å²) in [7, 11) is 0. The smallest absolute Gasteiger partial charge is 0.274 e. The second-order valence-electron chi connectivity index (χ2n) is 8.63. The van der Waals surface area contributed by atoms with Crippen molar-refractivity contribution >= 4 is 11.8 Å². The van der Waals surface area contributed by atoms with Gasteiger partial charge in [0.1, 0.15) is 18.1 Å². The zero-order valence-electron chi connectivity index (χ0n) is 20.0. The van der Waals surface area contributed by atoms with Crippen LogP contribution >= 0.6 is 0 Å². The quantitative estimate of drug-likeness (QED) is 0.374. The maximum absolute atomic E-state index is 12.9. The van der Waals surface area contributed by atoms with Crippen LogP contribution in [-0.4, -0.2) is 39.4 Å². The molecule has 3 aromatic carbocycles. The van der Waals surface area contributed by atoms with Gasteiger partial charge in [0.05, 0.1) is 5.69 Å². The predicted octanol–water partition coefficient (Wildman–Crippen LogP) is 4.16. The van der Waals surface area contributed by atoms with E-state index in [9.17, 15) is 9.59 Å². The van der Waals surface area contributed by atoms with E-state index in [1.807, 2.05) is 61.5 Å². The summed E-state index contributed by atoms with van der Waals surface area (Å²) in [6.07, 6.45) is 1.94. The maximum Gasteiger partial charge on any atom is 0.274 e. The second-order valence-corrected chi connectivity index (χ2v) is 8.63. The van der Waals surface area contributed by atoms with Crippen molar-refractivity contribution in [2.75, 3.05) is 6.54 Å². The Kier molecular flexibility index (Phi) is 6.75. The molecule has 182 valence electrons. The van der Waals surface area contributed by atoms with Gasteiger partial charge >= 0.3 is 0 Å². The highest BCUT2D eigenvalue weighted by molar-refractivity contribution is 5.94. The Morgan fingerprint density at radius 1 is 0.944 bits per heavy atom. The van der Waals surface area contributed by atoms with Gasteiger partial charge in [-0.05, 0) is 67.3 Å². The number of amides is 2. The average Bonchev–Trinajstić information content (AvgIpc) is 3.63. The van der Waals surface area contributed by atoms with Crippen molar-refractivity contribution in [3.8, 4) is 22.6 Å². The minimum absolute atomic E-state index is 0.0940. The molecule has 0 unspecified atom stereocenters. The third-order valence-electron chi connectivity index (χ3n) is 5.92. The van der Waals surface area contributed by atoms with Crippen LogP contribution in [0.4, 0.5) is 0 Å². The lowest BCUT2D eigenvalue weighted by Crippen LogP contribution is -2.27. The van der Waals surface area contributed by atoms with E-state index >= 15 is 0 Å². The minimum Gasteiger partial charge on any atom is -0.487 e. The first-order chi connectivity index (χ1) is 17.6. The Balaban J connectivity index is 1.42. The molecule has 1 heterocycles. The molecule has 8 heteroatoms. The van der Waals surface area contributed by atoms with Crippen LogP contribution in [0.2, 0.25) is 0 Å². The molecule has 0 saturated heterocycles. The van der Waals surface area contributed by atoms with Crippen molar-refractivity contribution < 1.29 is 14.3 Å². The van der Waals surface area contributed by atoms with Gasteiger partial charge in [0.2, 0.25) is 0 Å². The Morgan fingerprint density at radius 2 is 1.69 bits per heavy atom. The third kappa shape index (κ3) is 5.27. The summed E-state index contributed by atoms with van der Waals surface area (Å²) in [5.41, 5.74) is 4.11. The first-order valence-corrected chi connectivity index (χ1v) is 12.0. The van der Waals surface area contributed by atoms with Gasteiger partial charge in [-0.3, -0.25) is 9.59 Å². The van der Waals surface area contributed by atoms with E-state index in [1.54, 1.807) is 28.9 Å². The van der Waals surface area contributed by atoms with Crippen LogP contribution in [0.1, 0.15) is 46.3 Å². The summed E-state index contributed by atoms with van der Waals surface area (Å²) in [4.78, 5) is 25.0. The molecule has 5 rings (SSSR count). The number of nitrogens with one attached hydrogen (secondary N) is 2. The number of ether oxygens (including phenoxy) is 1. The van der Waals surface area contributed by atoms with Gasteiger partial charge in [0, 0.05) is 18.2 Å². The lowest BCUT2D eigenvalue weighted by molar-refractivity contribution is 0.0939. The third-order valence-corrected chi connectivity index (χ3v) is 5.92. The molecule has 2 N–H and O–H groups in total. The number of carbonyl (C=O) groups is 2. The van der Waals surface area contributed by atoms with Crippen LogP contribution in [0.3, 0.4) is 0 Å². The monoisotopic (exact) mass is 481 g/mol. The standard InChI is InChI=1S/C28H27N5O3/c1-2-29-27(34)20-11-15-23(16-12-20)33-25(26(31-32-33)28(35)30-22-13-14-22)18-36-24-10-6-9-21(17-24)19-7-4-3-5-8-19/h3-12,15-17,22H,2,13-14,18H2,1H3,(H,29,34)(H,30,35). The number of hydrogen-bond donors (Lipinski definition) is 2. The second kappa shape index (κ2) is 10.4. The molecule has 0 atom stereocenters. The minimum atomic E-state index is -0.265. The fourth-order valence-corrected chi connectivity index (χ4v) is 3.86. The Hall–Kier alpha value is -4.46. The highest BCUT2D eigenvalue weighted by Crippen LogP contribution is 2.25. The normalized spacial score (nSPS) is 12.7. The molecule has 2 amide bonds. The first-order valence-electron chi connectivity index (χ1n) is 12.0. The highest BCUT2D eigenvalue weighted by atomic mass is 16.5. The number of carbonyl (C=O) groups excluding carboxylic acids is 2. The fraction of sp³-hybridized carbons (Fsp3) is 0.214. The molecule has 4 aromatic rings. The topological polar surface area (TPSA) is 98.1 Å². The van der Waals surface area contributed by atoms with E-state index in [-0.39, 0.29) is 30.2 Å². The zero-order chi connectivity index (χ0) is 24.9. The summed E-state index contributed by atoms with van der Waals surface area (Å²) < 4.78 is 7.72. The zero-order valence-corrected chi connectivity index (χ0v) is 20.0. The molecular formula is C28H27N5O3. The van der Waals surface area contributed by atoms with E-state index in [0.717, 1.165) is 24.0 Å². The lowest BCUT2D eigenvalue weighted by Gasteiger charge is -2.12. The van der Waals surface area contributed by atoms with Gasteiger partial charge in [0.25, 0.3) is 11.8 Å². The summed E-state index contributed by atoms with van der Waals surface area (Å²) in [6, 6.07) is 25.1. The van der Waals surface area contributed by atoms with Crippen LogP contribution in [0.5, 0.6) is 5.75 Å². The van der Waals surface area contributed by atoms with Crippen LogP contribution in [0.15, 0.2) is 78.9 Å². The number of benzene rings is 3. The first kappa shape index (κ1) is 23.3. The summed E-state index contributed by atoms with van der Waals surface area (Å²) in [5.74, 6) is 0.262. The Labute approximate surface area is 209 Å². The summed E-state index contributed by atoms with van der Waals surface area (Å²) in [6.45, 7) is 2.52. The summed E-state index contributed by atoms with van der Waals surface area (Å²) in [5, 5.41) is 14.2. The molecule has 36 heavy (non-hydrogen) atoms. The Bertz CT molecular complexity index is 1360. The molecule has 1 saturated carbocycles. The lowest BCUT2D eigenvalue weighted by atomic mass is 10.1. The van der Waals surface area contributed by atoms with Gasteiger partial charge in [0.15, 0.2) is 5.69 Å². The molecule has 0 bridgehead atoms. The maximum atomic E-state index is 12.9. The van der Waals surface area contributed by atoms with Crippen molar-refractivity contribution in [1.29, 1.82) is 0 Å². The molecule has 1 fully saturated rings. The molecule has 0 spiro atoms. The fourth-order valence-electron chi connectivity index (χ4n) is 3.86. The van der Waals surface area contributed by atoms with Gasteiger partial charge < -0.3 is 15.4 Å². The van der Waals surface area contributed by atoms with Crippen molar-refractivity contribution in [3.63, 3.8) is 0 Å². The van der Waals surface area contributed by atoms with Gasteiger partial charge in [-0.2, -0.15) is 0 Å². The van der Waals surface area contributed by atoms with Gasteiger partial charge in [-0.1, -0.05) is 47.7 Å². The number of aromatic nitrogens is 3. The van der Waals surface area contributed by atoms with Crippen LogP contribution in [0.25, 0.3) is 16.8 Å². The molecule has 0 aliphatic heterocycles. The molecule has 1 aliphatic carbocycles. The molecular weight excluding hydrogens is 454 g/mol. The van der Waals surface area contributed by atoms with Crippen molar-refractivity contribution in [2.24, 2.45) is 0 Å². The van der Waals surface area contributed by atoms with Crippen molar-refractivity contribution in [2.45, 2.75) is 32.4 Å². The molecule has 1 aliphatic rings. The highest BCUT2D eigenvalue weighted by Gasteiger charge is 2.28. The summed E-state index contributed by atoms with van der Waals surface area (Å²) >= 11 is 0. The van der Waals surface area contributed by atoms with Crippen LogP contribution in [-0.2, 0) is 6.61 Å². The van der Waals surface area contributed by atoms with Crippen LogP contribution in [0, 0.1) is 0 Å². The van der Waals surface area contributed by atoms with Crippen molar-refractivity contribution in [3.05, 3.63) is 95.8 Å². The van der Waals surface area contributed by atoms with E-state index in [4.69, 9.17) is 4.74 Å². The van der Waals surface area contributed by atoms with Crippen molar-refractivity contribution in [1.82, 2.24) is 25.6 Å². The molecule has 1 aromatic heterocycles. The SMILES string of the molecule is CCNC(=O)c1ccc(-n2nnc(C(=O)NC3CC3)c2COc2cccc(-c3ccccc3)c2)cc1. The van der Waals surface area contributed by atoms with Crippen LogP contribution < -0.4 is 15.4 Å². The van der Waals surface area contributed by atoms with E-state index < -0.39 is 0 Å². The van der Waals surface area contributed by atoms with Gasteiger partial charge in [-0.25, -0.2) is 4.68 Å². The average molecular weight is 482 g/mol. The number of nitrogens with zero attached hydrogens (tertiary/aromatic N) is 3. The number of rotatable bonds is 9. The van der Waals surface area contributed by atoms with E-state index in [1.165, 1.54) is 0 Å². The predicted molar refractivity (Wildman–Crippen MR) is 136 cm³/mol. The van der Waals surface area contributed by atoms with Gasteiger partial charge in [-0.15, -0.1) is 5.10 Å². The molecule has 8 nitrogen and oxygen atoms in total. The Morgan fingerprint density at radius 3 is 2.42 bits per heavy atom. The number of hydrogen-bond acceptors (Lipinski definition) is 5. The van der Waals surface area contributed by atoms with E-state index in [2.05, 4.69) is 20.9 Å². The molecule has 0 radical (unpaired) electrons. The van der Waals surface area contributed by atoms with E-state index in [0.29, 0.717) is 29.2 Å². The largest absolute Gasteiger partial charge is 0.487 e.